The number of aryl methyl sites for hydroxylation is 1. The third-order valence-electron chi connectivity index (χ3n) is 2.98. The molecule has 10 heteroatoms. The van der Waals surface area contributed by atoms with Gasteiger partial charge in [-0.15, -0.1) is 0 Å². The van der Waals surface area contributed by atoms with Gasteiger partial charge in [0.25, 0.3) is 5.91 Å². The van der Waals surface area contributed by atoms with E-state index < -0.39 is 0 Å². The summed E-state index contributed by atoms with van der Waals surface area (Å²) < 4.78 is 4.96. The number of aromatic nitrogens is 4. The van der Waals surface area contributed by atoms with E-state index in [4.69, 9.17) is 10.3 Å². The number of amides is 1. The van der Waals surface area contributed by atoms with E-state index in [9.17, 15) is 4.79 Å². The van der Waals surface area contributed by atoms with Crippen LogP contribution >= 0.6 is 0 Å². The molecule has 0 aliphatic heterocycles. The second-order valence-corrected chi connectivity index (χ2v) is 4.75. The number of hydrogen-bond acceptors (Lipinski definition) is 9. The summed E-state index contributed by atoms with van der Waals surface area (Å²) in [4.78, 5) is 23.9. The molecule has 3 aromatic rings. The highest BCUT2D eigenvalue weighted by Crippen LogP contribution is 2.24. The zero-order valence-electron chi connectivity index (χ0n) is 12.6. The Morgan fingerprint density at radius 2 is 2.12 bits per heavy atom. The van der Waals surface area contributed by atoms with Crippen molar-refractivity contribution in [1.82, 2.24) is 25.5 Å². The molecule has 0 saturated carbocycles. The van der Waals surface area contributed by atoms with Crippen LogP contribution in [0.25, 0.3) is 0 Å². The molecule has 5 N–H and O–H groups in total. The summed E-state index contributed by atoms with van der Waals surface area (Å²) in [5, 5.41) is 6.71. The van der Waals surface area contributed by atoms with Crippen molar-refractivity contribution in [2.75, 3.05) is 16.5 Å². The number of nitrogen functional groups attached to an aromatic ring is 1. The number of nitrogens with one attached hydrogen (secondary N) is 3. The van der Waals surface area contributed by atoms with Crippen LogP contribution in [0.2, 0.25) is 0 Å². The second kappa shape index (κ2) is 6.60. The molecule has 3 heterocycles. The molecule has 0 aliphatic rings. The van der Waals surface area contributed by atoms with Crippen LogP contribution in [0.4, 0.5) is 23.1 Å². The quantitative estimate of drug-likeness (QED) is 0.509. The van der Waals surface area contributed by atoms with Crippen molar-refractivity contribution >= 4 is 29.0 Å². The average molecular weight is 326 g/mol. The Labute approximate surface area is 136 Å². The van der Waals surface area contributed by atoms with Crippen molar-refractivity contribution in [1.29, 1.82) is 0 Å². The molecule has 0 aliphatic carbocycles. The monoisotopic (exact) mass is 326 g/mol. The predicted molar refractivity (Wildman–Crippen MR) is 86.3 cm³/mol. The Hall–Kier alpha value is -3.69. The number of hydrazine groups is 1. The van der Waals surface area contributed by atoms with E-state index in [0.29, 0.717) is 23.0 Å². The van der Waals surface area contributed by atoms with Crippen LogP contribution in [0.1, 0.15) is 16.1 Å². The molecule has 3 rings (SSSR count). The molecule has 1 amide bonds. The summed E-state index contributed by atoms with van der Waals surface area (Å²) in [7, 11) is 0. The lowest BCUT2D eigenvalue weighted by Gasteiger charge is -2.12. The van der Waals surface area contributed by atoms with Gasteiger partial charge in [-0.25, -0.2) is 9.97 Å². The molecule has 122 valence electrons. The molecule has 24 heavy (non-hydrogen) atoms. The Balaban J connectivity index is 1.70. The lowest BCUT2D eigenvalue weighted by Crippen LogP contribution is -2.30. The first kappa shape index (κ1) is 15.2. The molecule has 0 unspecified atom stereocenters. The lowest BCUT2D eigenvalue weighted by atomic mass is 10.3. The highest BCUT2D eigenvalue weighted by Gasteiger charge is 2.11. The highest BCUT2D eigenvalue weighted by atomic mass is 16.5. The number of carbonyl (C=O) groups excluding carboxylic acids is 1. The minimum Gasteiger partial charge on any atom is -0.393 e. The van der Waals surface area contributed by atoms with Gasteiger partial charge < -0.3 is 15.6 Å². The maximum Gasteiger partial charge on any atom is 0.271 e. The summed E-state index contributed by atoms with van der Waals surface area (Å²) in [5.74, 6) is 1.31. The molecule has 0 radical (unpaired) electrons. The van der Waals surface area contributed by atoms with Crippen LogP contribution in [0.15, 0.2) is 41.4 Å². The molecule has 0 aromatic carbocycles. The number of rotatable bonds is 5. The molecular formula is C14H14N8O2. The largest absolute Gasteiger partial charge is 0.393 e. The average Bonchev–Trinajstić information content (AvgIpc) is 3.01. The molecular weight excluding hydrogens is 312 g/mol. The summed E-state index contributed by atoms with van der Waals surface area (Å²) in [6.45, 7) is 1.77. The smallest absolute Gasteiger partial charge is 0.271 e. The topological polar surface area (TPSA) is 144 Å². The van der Waals surface area contributed by atoms with E-state index in [2.05, 4.69) is 36.3 Å². The molecule has 10 nitrogen and oxygen atoms in total. The lowest BCUT2D eigenvalue weighted by molar-refractivity contribution is 0.0962. The van der Waals surface area contributed by atoms with Crippen molar-refractivity contribution < 1.29 is 9.32 Å². The van der Waals surface area contributed by atoms with Crippen LogP contribution in [-0.2, 0) is 0 Å². The number of pyridine rings is 1. The van der Waals surface area contributed by atoms with E-state index in [0.717, 1.165) is 0 Å². The zero-order chi connectivity index (χ0) is 16.9. The second-order valence-electron chi connectivity index (χ2n) is 4.75. The van der Waals surface area contributed by atoms with Gasteiger partial charge in [0.15, 0.2) is 17.5 Å². The number of nitrogens with two attached hydrogens (primary N) is 1. The third kappa shape index (κ3) is 3.38. The van der Waals surface area contributed by atoms with Gasteiger partial charge in [0.05, 0.1) is 5.56 Å². The van der Waals surface area contributed by atoms with Gasteiger partial charge in [0, 0.05) is 18.5 Å². The highest BCUT2D eigenvalue weighted by molar-refractivity contribution is 5.94. The molecule has 0 bridgehead atoms. The predicted octanol–water partition coefficient (Wildman–Crippen LogP) is 1.25. The molecule has 0 saturated heterocycles. The van der Waals surface area contributed by atoms with E-state index >= 15 is 0 Å². The first-order chi connectivity index (χ1) is 11.6. The Bertz CT molecular complexity index is 849. The SMILES string of the molecule is Cc1cc(Nc2ncnc(NNC(=O)c3cccnc3)c2N)no1. The zero-order valence-corrected chi connectivity index (χ0v) is 12.6. The summed E-state index contributed by atoms with van der Waals surface area (Å²) in [6.07, 6.45) is 4.32. The number of carbonyl (C=O) groups is 1. The normalized spacial score (nSPS) is 10.2. The molecule has 3 aromatic heterocycles. The number of anilines is 4. The van der Waals surface area contributed by atoms with Crippen molar-refractivity contribution in [3.8, 4) is 0 Å². The van der Waals surface area contributed by atoms with Crippen molar-refractivity contribution in [2.24, 2.45) is 0 Å². The van der Waals surface area contributed by atoms with E-state index in [1.165, 1.54) is 12.5 Å². The summed E-state index contributed by atoms with van der Waals surface area (Å²) >= 11 is 0. The van der Waals surface area contributed by atoms with Gasteiger partial charge >= 0.3 is 0 Å². The summed E-state index contributed by atoms with van der Waals surface area (Å²) in [6, 6.07) is 4.99. The minimum atomic E-state index is -0.372. The van der Waals surface area contributed by atoms with Crippen molar-refractivity contribution in [3.63, 3.8) is 0 Å². The molecule has 0 fully saturated rings. The third-order valence-corrected chi connectivity index (χ3v) is 2.98. The van der Waals surface area contributed by atoms with Gasteiger partial charge in [0.2, 0.25) is 0 Å². The van der Waals surface area contributed by atoms with E-state index in [1.807, 2.05) is 0 Å². The fraction of sp³-hybridized carbons (Fsp3) is 0.0714. The molecule has 0 atom stereocenters. The number of nitrogens with zero attached hydrogens (tertiary/aromatic N) is 4. The van der Waals surface area contributed by atoms with Crippen LogP contribution < -0.4 is 21.9 Å². The maximum absolute atomic E-state index is 12.0. The Morgan fingerprint density at radius 3 is 2.83 bits per heavy atom. The fourth-order valence-electron chi connectivity index (χ4n) is 1.83. The Morgan fingerprint density at radius 1 is 1.29 bits per heavy atom. The van der Waals surface area contributed by atoms with E-state index in [1.54, 1.807) is 31.3 Å². The van der Waals surface area contributed by atoms with E-state index in [-0.39, 0.29) is 17.4 Å². The van der Waals surface area contributed by atoms with Crippen LogP contribution in [0.5, 0.6) is 0 Å². The van der Waals surface area contributed by atoms with Crippen molar-refractivity contribution in [2.45, 2.75) is 6.92 Å². The molecule has 0 spiro atoms. The van der Waals surface area contributed by atoms with Crippen LogP contribution in [-0.4, -0.2) is 26.0 Å². The van der Waals surface area contributed by atoms with Gasteiger partial charge in [-0.05, 0) is 19.1 Å². The maximum atomic E-state index is 12.0. The summed E-state index contributed by atoms with van der Waals surface area (Å²) in [5.41, 5.74) is 11.7. The Kier molecular flexibility index (Phi) is 4.19. The first-order valence-corrected chi connectivity index (χ1v) is 6.90. The van der Waals surface area contributed by atoms with Gasteiger partial charge in [-0.3, -0.25) is 20.6 Å². The minimum absolute atomic E-state index is 0.213. The van der Waals surface area contributed by atoms with Crippen LogP contribution in [0, 0.1) is 6.92 Å². The van der Waals surface area contributed by atoms with Gasteiger partial charge in [0.1, 0.15) is 17.8 Å². The van der Waals surface area contributed by atoms with Crippen molar-refractivity contribution in [3.05, 3.63) is 48.2 Å². The van der Waals surface area contributed by atoms with Gasteiger partial charge in [-0.2, -0.15) is 0 Å². The first-order valence-electron chi connectivity index (χ1n) is 6.90. The standard InChI is InChI=1S/C14H14N8O2/c1-8-5-10(22-24-8)19-12-11(15)13(18-7-17-12)20-21-14(23)9-3-2-4-16-6-9/h2-7H,15H2,1H3,(H,21,23)(H2,17,18,19,20,22). The number of hydrogen-bond donors (Lipinski definition) is 4. The fourth-order valence-corrected chi connectivity index (χ4v) is 1.83. The van der Waals surface area contributed by atoms with Gasteiger partial charge in [-0.1, -0.05) is 5.16 Å². The van der Waals surface area contributed by atoms with Crippen LogP contribution in [0.3, 0.4) is 0 Å².